The largest absolute Gasteiger partial charge is 0.481 e. The fourth-order valence-electron chi connectivity index (χ4n) is 5.04. The first-order valence-corrected chi connectivity index (χ1v) is 13.2. The van der Waals surface area contributed by atoms with Crippen LogP contribution in [0.1, 0.15) is 45.7 Å². The Morgan fingerprint density at radius 1 is 0.951 bits per heavy atom. The molecule has 4 aromatic rings. The summed E-state index contributed by atoms with van der Waals surface area (Å²) in [5.74, 6) is -2.81. The van der Waals surface area contributed by atoms with Crippen molar-refractivity contribution in [2.45, 2.75) is 32.2 Å². The number of anilines is 3. The van der Waals surface area contributed by atoms with Crippen molar-refractivity contribution in [3.05, 3.63) is 83.3 Å². The second kappa shape index (κ2) is 11.9. The van der Waals surface area contributed by atoms with Crippen molar-refractivity contribution in [3.63, 3.8) is 0 Å². The molecule has 1 fully saturated rings. The van der Waals surface area contributed by atoms with Gasteiger partial charge in [-0.15, -0.1) is 0 Å². The van der Waals surface area contributed by atoms with Gasteiger partial charge < -0.3 is 20.6 Å². The molecule has 2 heterocycles. The molecule has 3 N–H and O–H groups in total. The summed E-state index contributed by atoms with van der Waals surface area (Å²) >= 11 is 0. The number of rotatable bonds is 8. The Bertz CT molecular complexity index is 1690. The monoisotopic (exact) mass is 554 g/mol. The molecule has 1 aliphatic rings. The maximum atomic E-state index is 13.8. The fraction of sp³-hybridized carbons (Fsp3) is 0.233. The molecule has 1 aliphatic heterocycles. The molecule has 1 saturated heterocycles. The van der Waals surface area contributed by atoms with Crippen LogP contribution < -0.4 is 15.5 Å². The number of para-hydroxylation sites is 1. The number of halogens is 1. The van der Waals surface area contributed by atoms with Gasteiger partial charge in [0.05, 0.1) is 29.4 Å². The summed E-state index contributed by atoms with van der Waals surface area (Å²) in [4.78, 5) is 40.2. The lowest BCUT2D eigenvalue weighted by molar-refractivity contribution is -0.136. The number of carboxylic acids is 1. The molecule has 0 unspecified atom stereocenters. The normalized spacial score (nSPS) is 13.0. The second-order valence-electron chi connectivity index (χ2n) is 9.74. The topological polar surface area (TPSA) is 140 Å². The van der Waals surface area contributed by atoms with Gasteiger partial charge in [0, 0.05) is 29.7 Å². The molecule has 0 radical (unpaired) electrons. The predicted molar refractivity (Wildman–Crippen MR) is 151 cm³/mol. The highest BCUT2D eigenvalue weighted by Gasteiger charge is 2.22. The molecule has 0 aliphatic carbocycles. The van der Waals surface area contributed by atoms with Crippen molar-refractivity contribution in [2.75, 3.05) is 28.6 Å². The molecule has 41 heavy (non-hydrogen) atoms. The summed E-state index contributed by atoms with van der Waals surface area (Å²) in [6, 6.07) is 17.7. The van der Waals surface area contributed by atoms with E-state index in [9.17, 15) is 29.1 Å². The lowest BCUT2D eigenvalue weighted by Gasteiger charge is -2.30. The minimum absolute atomic E-state index is 0.0181. The van der Waals surface area contributed by atoms with Gasteiger partial charge in [-0.3, -0.25) is 14.4 Å². The number of hydrogen-bond acceptors (Lipinski definition) is 6. The lowest BCUT2D eigenvalue weighted by atomic mass is 10.1. The first kappa shape index (κ1) is 27.3. The van der Waals surface area contributed by atoms with Crippen molar-refractivity contribution in [2.24, 2.45) is 0 Å². The number of nitrogens with one attached hydrogen (secondary N) is 2. The number of carboxylic acid groups (broad SMARTS) is 1. The highest BCUT2D eigenvalue weighted by molar-refractivity contribution is 6.13. The number of amides is 2. The first-order chi connectivity index (χ1) is 19.8. The van der Waals surface area contributed by atoms with Crippen molar-refractivity contribution in [3.8, 4) is 6.07 Å². The summed E-state index contributed by atoms with van der Waals surface area (Å²) in [5, 5.41) is 29.0. The molecule has 1 aromatic heterocycles. The average Bonchev–Trinajstić information content (AvgIpc) is 3.33. The maximum Gasteiger partial charge on any atom is 0.307 e. The molecule has 11 heteroatoms. The predicted octanol–water partition coefficient (Wildman–Crippen LogP) is 4.82. The minimum Gasteiger partial charge on any atom is -0.481 e. The van der Waals surface area contributed by atoms with Crippen LogP contribution in [0.2, 0.25) is 0 Å². The van der Waals surface area contributed by atoms with E-state index in [4.69, 9.17) is 0 Å². The molecule has 0 saturated carbocycles. The fourth-order valence-corrected chi connectivity index (χ4v) is 5.04. The van der Waals surface area contributed by atoms with E-state index in [1.54, 1.807) is 42.5 Å². The zero-order chi connectivity index (χ0) is 28.9. The van der Waals surface area contributed by atoms with Crippen molar-refractivity contribution in [1.29, 1.82) is 5.26 Å². The molecule has 2 amide bonds. The Morgan fingerprint density at radius 3 is 2.46 bits per heavy atom. The van der Waals surface area contributed by atoms with Crippen LogP contribution in [0.5, 0.6) is 0 Å². The minimum atomic E-state index is -1.16. The van der Waals surface area contributed by atoms with E-state index in [1.807, 2.05) is 0 Å². The smallest absolute Gasteiger partial charge is 0.307 e. The standard InChI is InChI=1S/C30H27FN6O4/c31-21-9-10-23(20(16-21)18-27(38)39)33-29(40)19-8-11-26(36-13-4-1-5-14-36)24(17-19)34-30(41)28-22-6-2-3-7-25(22)37(35-28)15-12-32/h2-3,6-11,16-17H,1,4-5,13-15,18H2,(H,33,40)(H,34,41)(H,38,39). The number of hydrogen-bond donors (Lipinski definition) is 3. The Labute approximate surface area is 235 Å². The zero-order valence-electron chi connectivity index (χ0n) is 22.1. The number of fused-ring (bicyclic) bond motifs is 1. The van der Waals surface area contributed by atoms with E-state index in [1.165, 1.54) is 10.7 Å². The van der Waals surface area contributed by atoms with Gasteiger partial charge in [0.1, 0.15) is 12.4 Å². The van der Waals surface area contributed by atoms with Crippen LogP contribution in [-0.2, 0) is 17.8 Å². The Kier molecular flexibility index (Phi) is 7.92. The van der Waals surface area contributed by atoms with Crippen LogP contribution in [0, 0.1) is 17.1 Å². The van der Waals surface area contributed by atoms with Gasteiger partial charge in [-0.2, -0.15) is 10.4 Å². The van der Waals surface area contributed by atoms with E-state index >= 15 is 0 Å². The maximum absolute atomic E-state index is 13.8. The van der Waals surface area contributed by atoms with Gasteiger partial charge in [-0.05, 0) is 67.3 Å². The van der Waals surface area contributed by atoms with Crippen LogP contribution in [-0.4, -0.2) is 45.8 Å². The number of piperidine rings is 1. The molecule has 10 nitrogen and oxygen atoms in total. The summed E-state index contributed by atoms with van der Waals surface area (Å²) < 4.78 is 15.2. The van der Waals surface area contributed by atoms with Crippen LogP contribution in [0.3, 0.4) is 0 Å². The van der Waals surface area contributed by atoms with Gasteiger partial charge >= 0.3 is 5.97 Å². The Morgan fingerprint density at radius 2 is 1.71 bits per heavy atom. The van der Waals surface area contributed by atoms with Crippen LogP contribution >= 0.6 is 0 Å². The van der Waals surface area contributed by atoms with E-state index < -0.39 is 30.0 Å². The molecule has 0 atom stereocenters. The summed E-state index contributed by atoms with van der Waals surface area (Å²) in [6.07, 6.45) is 2.64. The Balaban J connectivity index is 1.48. The SMILES string of the molecule is N#CCn1nc(C(=O)Nc2cc(C(=O)Nc3ccc(F)cc3CC(=O)O)ccc2N2CCCCC2)c2ccccc21. The van der Waals surface area contributed by atoms with Crippen LogP contribution in [0.4, 0.5) is 21.5 Å². The third kappa shape index (κ3) is 6.01. The van der Waals surface area contributed by atoms with E-state index in [0.29, 0.717) is 16.6 Å². The van der Waals surface area contributed by atoms with Gasteiger partial charge in [0.15, 0.2) is 5.69 Å². The summed E-state index contributed by atoms with van der Waals surface area (Å²) in [5.41, 5.74) is 2.49. The quantitative estimate of drug-likeness (QED) is 0.284. The number of aromatic nitrogens is 2. The number of aliphatic carboxylic acids is 1. The van der Waals surface area contributed by atoms with E-state index in [2.05, 4.69) is 26.7 Å². The molecular weight excluding hydrogens is 527 g/mol. The third-order valence-corrected chi connectivity index (χ3v) is 6.95. The van der Waals surface area contributed by atoms with Gasteiger partial charge in [-0.25, -0.2) is 9.07 Å². The number of nitriles is 1. The van der Waals surface area contributed by atoms with Gasteiger partial charge in [-0.1, -0.05) is 18.2 Å². The summed E-state index contributed by atoms with van der Waals surface area (Å²) in [7, 11) is 0. The van der Waals surface area contributed by atoms with Crippen molar-refractivity contribution >= 4 is 45.7 Å². The molecule has 0 bridgehead atoms. The second-order valence-corrected chi connectivity index (χ2v) is 9.74. The lowest BCUT2D eigenvalue weighted by Crippen LogP contribution is -2.30. The third-order valence-electron chi connectivity index (χ3n) is 6.95. The van der Waals surface area contributed by atoms with E-state index in [-0.39, 0.29) is 29.1 Å². The Hall–Kier alpha value is -5.24. The number of carbonyl (C=O) groups excluding carboxylic acids is 2. The highest BCUT2D eigenvalue weighted by Crippen LogP contribution is 2.31. The number of benzene rings is 3. The first-order valence-electron chi connectivity index (χ1n) is 13.2. The zero-order valence-corrected chi connectivity index (χ0v) is 22.1. The molecule has 208 valence electrons. The highest BCUT2D eigenvalue weighted by atomic mass is 19.1. The van der Waals surface area contributed by atoms with Gasteiger partial charge in [0.25, 0.3) is 11.8 Å². The van der Waals surface area contributed by atoms with Crippen molar-refractivity contribution in [1.82, 2.24) is 9.78 Å². The average molecular weight is 555 g/mol. The molecular formula is C30H27FN6O4. The van der Waals surface area contributed by atoms with Crippen LogP contribution in [0.15, 0.2) is 60.7 Å². The van der Waals surface area contributed by atoms with E-state index in [0.717, 1.165) is 50.2 Å². The summed E-state index contributed by atoms with van der Waals surface area (Å²) in [6.45, 7) is 1.57. The molecule has 3 aromatic carbocycles. The van der Waals surface area contributed by atoms with Crippen LogP contribution in [0.25, 0.3) is 10.9 Å². The van der Waals surface area contributed by atoms with Gasteiger partial charge in [0.2, 0.25) is 0 Å². The number of nitrogens with zero attached hydrogens (tertiary/aromatic N) is 4. The number of carbonyl (C=O) groups is 3. The molecule has 5 rings (SSSR count). The molecule has 0 spiro atoms. The van der Waals surface area contributed by atoms with Crippen molar-refractivity contribution < 1.29 is 23.9 Å².